The first-order valence-corrected chi connectivity index (χ1v) is 6.71. The summed E-state index contributed by atoms with van der Waals surface area (Å²) in [5, 5.41) is 6.69. The fourth-order valence-corrected chi connectivity index (χ4v) is 1.54. The molecule has 3 nitrogen and oxygen atoms in total. The molecule has 2 N–H and O–H groups in total. The Morgan fingerprint density at radius 1 is 1.57 bits per heavy atom. The Morgan fingerprint density at radius 2 is 2.29 bits per heavy atom. The number of thioether (sulfide) groups is 1. The van der Waals surface area contributed by atoms with Gasteiger partial charge in [0.1, 0.15) is 0 Å². The van der Waals surface area contributed by atoms with Crippen LogP contribution in [0.2, 0.25) is 0 Å². The average molecular weight is 215 g/mol. The topological polar surface area (TPSA) is 36.4 Å². The quantitative estimate of drug-likeness (QED) is 0.412. The smallest absolute Gasteiger partial charge is 0.191 e. The molecule has 0 aromatic heterocycles. The van der Waals surface area contributed by atoms with E-state index >= 15 is 0 Å². The number of hydrogen-bond acceptors (Lipinski definition) is 2. The molecule has 0 heterocycles. The van der Waals surface area contributed by atoms with Gasteiger partial charge in [0.15, 0.2) is 5.96 Å². The SMILES string of the molecule is CCNC(=NCCSC)NC1CC1C. The molecule has 82 valence electrons. The van der Waals surface area contributed by atoms with Crippen LogP contribution in [-0.2, 0) is 0 Å². The van der Waals surface area contributed by atoms with Gasteiger partial charge in [0.2, 0.25) is 0 Å². The predicted molar refractivity (Wildman–Crippen MR) is 65.1 cm³/mol. The maximum atomic E-state index is 4.49. The Morgan fingerprint density at radius 3 is 2.79 bits per heavy atom. The van der Waals surface area contributed by atoms with E-state index in [0.29, 0.717) is 6.04 Å². The molecule has 1 saturated carbocycles. The Bertz CT molecular complexity index is 194. The van der Waals surface area contributed by atoms with E-state index in [1.165, 1.54) is 6.42 Å². The van der Waals surface area contributed by atoms with Gasteiger partial charge in [0.25, 0.3) is 0 Å². The summed E-state index contributed by atoms with van der Waals surface area (Å²) in [5.74, 6) is 2.90. The second-order valence-corrected chi connectivity index (χ2v) is 4.70. The fraction of sp³-hybridized carbons (Fsp3) is 0.900. The molecule has 1 aliphatic rings. The molecule has 1 rings (SSSR count). The minimum atomic E-state index is 0.655. The summed E-state index contributed by atoms with van der Waals surface area (Å²) >= 11 is 1.83. The highest BCUT2D eigenvalue weighted by molar-refractivity contribution is 7.98. The molecular weight excluding hydrogens is 194 g/mol. The molecular formula is C10H21N3S. The van der Waals surface area contributed by atoms with Crippen molar-refractivity contribution in [2.45, 2.75) is 26.3 Å². The third kappa shape index (κ3) is 4.22. The standard InChI is InChI=1S/C10H21N3S/c1-4-11-10(12-5-6-14-3)13-9-7-8(9)2/h8-9H,4-7H2,1-3H3,(H2,11,12,13). The molecule has 4 heteroatoms. The maximum Gasteiger partial charge on any atom is 0.191 e. The summed E-state index contributed by atoms with van der Waals surface area (Å²) in [6, 6.07) is 0.655. The molecule has 0 aromatic carbocycles. The lowest BCUT2D eigenvalue weighted by Crippen LogP contribution is -2.39. The van der Waals surface area contributed by atoms with Gasteiger partial charge in [0.05, 0.1) is 6.54 Å². The van der Waals surface area contributed by atoms with Crippen molar-refractivity contribution in [1.82, 2.24) is 10.6 Å². The van der Waals surface area contributed by atoms with E-state index in [9.17, 15) is 0 Å². The molecule has 0 spiro atoms. The zero-order valence-electron chi connectivity index (χ0n) is 9.34. The minimum Gasteiger partial charge on any atom is -0.357 e. The highest BCUT2D eigenvalue weighted by Gasteiger charge is 2.33. The summed E-state index contributed by atoms with van der Waals surface area (Å²) in [7, 11) is 0. The van der Waals surface area contributed by atoms with Crippen molar-refractivity contribution in [3.8, 4) is 0 Å². The molecule has 0 bridgehead atoms. The Labute approximate surface area is 91.1 Å². The third-order valence-electron chi connectivity index (χ3n) is 2.34. The van der Waals surface area contributed by atoms with Crippen LogP contribution in [-0.4, -0.2) is 37.1 Å². The molecule has 1 fully saturated rings. The van der Waals surface area contributed by atoms with Crippen LogP contribution in [0.4, 0.5) is 0 Å². The van der Waals surface area contributed by atoms with E-state index in [0.717, 1.165) is 30.7 Å². The van der Waals surface area contributed by atoms with Crippen LogP contribution in [0.25, 0.3) is 0 Å². The van der Waals surface area contributed by atoms with Crippen molar-refractivity contribution in [2.75, 3.05) is 25.1 Å². The van der Waals surface area contributed by atoms with Gasteiger partial charge in [-0.3, -0.25) is 4.99 Å². The first-order valence-electron chi connectivity index (χ1n) is 5.31. The summed E-state index contributed by atoms with van der Waals surface area (Å²) in [6.45, 7) is 6.20. The lowest BCUT2D eigenvalue weighted by Gasteiger charge is -2.10. The normalized spacial score (nSPS) is 26.1. The molecule has 0 aliphatic heterocycles. The molecule has 0 amide bonds. The van der Waals surface area contributed by atoms with E-state index in [1.807, 2.05) is 11.8 Å². The highest BCUT2D eigenvalue weighted by atomic mass is 32.2. The summed E-state index contributed by atoms with van der Waals surface area (Å²) < 4.78 is 0. The molecule has 0 aromatic rings. The highest BCUT2D eigenvalue weighted by Crippen LogP contribution is 2.28. The van der Waals surface area contributed by atoms with Crippen LogP contribution in [0.1, 0.15) is 20.3 Å². The summed E-state index contributed by atoms with van der Waals surface area (Å²) in [4.78, 5) is 4.49. The van der Waals surface area contributed by atoms with Crippen LogP contribution in [0, 0.1) is 5.92 Å². The van der Waals surface area contributed by atoms with Gasteiger partial charge in [-0.2, -0.15) is 11.8 Å². The first-order chi connectivity index (χ1) is 6.77. The molecule has 14 heavy (non-hydrogen) atoms. The second-order valence-electron chi connectivity index (χ2n) is 3.72. The van der Waals surface area contributed by atoms with Gasteiger partial charge in [-0.1, -0.05) is 6.92 Å². The minimum absolute atomic E-state index is 0.655. The van der Waals surface area contributed by atoms with E-state index in [-0.39, 0.29) is 0 Å². The van der Waals surface area contributed by atoms with Crippen molar-refractivity contribution in [3.63, 3.8) is 0 Å². The van der Waals surface area contributed by atoms with Crippen LogP contribution >= 0.6 is 11.8 Å². The zero-order valence-corrected chi connectivity index (χ0v) is 10.2. The van der Waals surface area contributed by atoms with Crippen molar-refractivity contribution >= 4 is 17.7 Å². The van der Waals surface area contributed by atoms with Gasteiger partial charge in [-0.15, -0.1) is 0 Å². The second kappa shape index (κ2) is 6.17. The van der Waals surface area contributed by atoms with Gasteiger partial charge in [0, 0.05) is 18.3 Å². The Hall–Kier alpha value is -0.380. The van der Waals surface area contributed by atoms with E-state index < -0.39 is 0 Å². The van der Waals surface area contributed by atoms with Crippen molar-refractivity contribution in [2.24, 2.45) is 10.9 Å². The van der Waals surface area contributed by atoms with Crippen molar-refractivity contribution in [1.29, 1.82) is 0 Å². The average Bonchev–Trinajstić information content (AvgIpc) is 2.82. The number of rotatable bonds is 5. The third-order valence-corrected chi connectivity index (χ3v) is 2.93. The maximum absolute atomic E-state index is 4.49. The number of aliphatic imine (C=N–C) groups is 1. The van der Waals surface area contributed by atoms with Gasteiger partial charge >= 0.3 is 0 Å². The summed E-state index contributed by atoms with van der Waals surface area (Å²) in [5.41, 5.74) is 0. The van der Waals surface area contributed by atoms with Crippen molar-refractivity contribution < 1.29 is 0 Å². The number of guanidine groups is 1. The molecule has 1 aliphatic carbocycles. The summed E-state index contributed by atoms with van der Waals surface area (Å²) in [6.07, 6.45) is 3.39. The van der Waals surface area contributed by atoms with Gasteiger partial charge in [-0.25, -0.2) is 0 Å². The van der Waals surface area contributed by atoms with E-state index in [1.54, 1.807) is 0 Å². The molecule has 0 saturated heterocycles. The largest absolute Gasteiger partial charge is 0.357 e. The van der Waals surface area contributed by atoms with Crippen LogP contribution in [0.15, 0.2) is 4.99 Å². The van der Waals surface area contributed by atoms with Crippen LogP contribution in [0.3, 0.4) is 0 Å². The van der Waals surface area contributed by atoms with Crippen LogP contribution in [0.5, 0.6) is 0 Å². The van der Waals surface area contributed by atoms with Crippen LogP contribution < -0.4 is 10.6 Å². The Kier molecular flexibility index (Phi) is 5.15. The van der Waals surface area contributed by atoms with E-state index in [4.69, 9.17) is 0 Å². The predicted octanol–water partition coefficient (Wildman–Crippen LogP) is 1.31. The number of nitrogens with one attached hydrogen (secondary N) is 2. The van der Waals surface area contributed by atoms with Crippen molar-refractivity contribution in [3.05, 3.63) is 0 Å². The molecule has 0 radical (unpaired) electrons. The fourth-order valence-electron chi connectivity index (χ4n) is 1.27. The molecule has 2 unspecified atom stereocenters. The lowest BCUT2D eigenvalue weighted by atomic mass is 10.5. The monoisotopic (exact) mass is 215 g/mol. The Balaban J connectivity index is 2.26. The lowest BCUT2D eigenvalue weighted by molar-refractivity contribution is 0.769. The first kappa shape index (κ1) is 11.7. The van der Waals surface area contributed by atoms with E-state index in [2.05, 4.69) is 35.7 Å². The number of hydrogen-bond donors (Lipinski definition) is 2. The number of nitrogens with zero attached hydrogens (tertiary/aromatic N) is 1. The van der Waals surface area contributed by atoms with Gasteiger partial charge < -0.3 is 10.6 Å². The molecule has 2 atom stereocenters. The zero-order chi connectivity index (χ0) is 10.4. The van der Waals surface area contributed by atoms with Gasteiger partial charge in [-0.05, 0) is 25.5 Å².